The zero-order chi connectivity index (χ0) is 15.6. The van der Waals surface area contributed by atoms with E-state index in [1.54, 1.807) is 24.3 Å². The van der Waals surface area contributed by atoms with Crippen molar-refractivity contribution < 1.29 is 9.00 Å². The van der Waals surface area contributed by atoms with E-state index in [1.165, 1.54) is 0 Å². The van der Waals surface area contributed by atoms with Crippen LogP contribution in [0.4, 0.5) is 0 Å². The smallest absolute Gasteiger partial charge is 0.267 e. The van der Waals surface area contributed by atoms with Crippen LogP contribution in [0.5, 0.6) is 0 Å². The summed E-state index contributed by atoms with van der Waals surface area (Å²) in [5.74, 6) is 4.02. The highest BCUT2D eigenvalue weighted by Crippen LogP contribution is 2.24. The van der Waals surface area contributed by atoms with Crippen molar-refractivity contribution in [1.29, 1.82) is 0 Å². The highest BCUT2D eigenvalue weighted by Gasteiger charge is 2.23. The Kier molecular flexibility index (Phi) is 3.81. The molecule has 22 heavy (non-hydrogen) atoms. The van der Waals surface area contributed by atoms with Gasteiger partial charge in [0.05, 0.1) is 5.71 Å². The number of hydrazone groups is 1. The van der Waals surface area contributed by atoms with Gasteiger partial charge < -0.3 is 0 Å². The maximum Gasteiger partial charge on any atom is 0.271 e. The van der Waals surface area contributed by atoms with Gasteiger partial charge in [-0.1, -0.05) is 36.4 Å². The molecule has 0 saturated carbocycles. The molecule has 1 atom stereocenters. The molecule has 5 heteroatoms. The van der Waals surface area contributed by atoms with Crippen molar-refractivity contribution in [2.24, 2.45) is 5.10 Å². The second-order valence-corrected chi connectivity index (χ2v) is 7.60. The Morgan fingerprint density at radius 2 is 1.77 bits per heavy atom. The molecule has 3 rings (SSSR count). The van der Waals surface area contributed by atoms with E-state index in [1.807, 2.05) is 30.3 Å². The van der Waals surface area contributed by atoms with Crippen molar-refractivity contribution in [3.05, 3.63) is 65.7 Å². The molecule has 0 saturated heterocycles. The maximum absolute atomic E-state index is 12.5. The van der Waals surface area contributed by atoms with Crippen molar-refractivity contribution in [1.82, 2.24) is 5.43 Å². The molecule has 1 heterocycles. The van der Waals surface area contributed by atoms with Gasteiger partial charge in [0, 0.05) is 28.2 Å². The van der Waals surface area contributed by atoms with Crippen LogP contribution >= 0.6 is 0 Å². The molecule has 1 aliphatic rings. The molecule has 0 bridgehead atoms. The second kappa shape index (κ2) is 5.77. The maximum atomic E-state index is 12.5. The van der Waals surface area contributed by atoms with Crippen molar-refractivity contribution in [2.75, 3.05) is 5.75 Å². The quantitative estimate of drug-likeness (QED) is 0.683. The summed E-state index contributed by atoms with van der Waals surface area (Å²) in [4.78, 5) is 12.8. The van der Waals surface area contributed by atoms with E-state index >= 15 is 0 Å². The lowest BCUT2D eigenvalue weighted by molar-refractivity contribution is 0.0955. The first kappa shape index (κ1) is 14.5. The topological polar surface area (TPSA) is 58.5 Å². The molecule has 1 aliphatic heterocycles. The van der Waals surface area contributed by atoms with Gasteiger partial charge in [-0.15, -0.1) is 0 Å². The molecule has 1 N–H and O–H groups in total. The molecule has 0 radical (unpaired) electrons. The first-order valence-corrected chi connectivity index (χ1v) is 8.84. The molecule has 1 amide bonds. The van der Waals surface area contributed by atoms with Crippen LogP contribution in [0.2, 0.25) is 0 Å². The summed E-state index contributed by atoms with van der Waals surface area (Å²) in [6.07, 6.45) is 0.536. The third-order valence-corrected chi connectivity index (χ3v) is 5.62. The molecule has 0 aliphatic carbocycles. The number of rotatable bonds is 2. The van der Waals surface area contributed by atoms with E-state index in [0.29, 0.717) is 22.6 Å². The van der Waals surface area contributed by atoms with Gasteiger partial charge in [0.1, 0.15) is 0 Å². The molecule has 4 nitrogen and oxygen atoms in total. The minimum absolute atomic E-state index is 0.258. The van der Waals surface area contributed by atoms with Crippen LogP contribution in [0, 0.1) is 0 Å². The van der Waals surface area contributed by atoms with Crippen LogP contribution in [-0.2, 0) is 9.52 Å². The fraction of sp³-hybridized carbons (Fsp3) is 0.118. The summed E-state index contributed by atoms with van der Waals surface area (Å²) < 4.78 is 12.5. The lowest BCUT2D eigenvalue weighted by atomic mass is 10.1. The first-order valence-electron chi connectivity index (χ1n) is 6.94. The fourth-order valence-corrected chi connectivity index (χ4v) is 4.08. The highest BCUT2D eigenvalue weighted by atomic mass is 32.2. The monoisotopic (exact) mass is 312 g/mol. The van der Waals surface area contributed by atoms with Crippen LogP contribution < -0.4 is 5.43 Å². The predicted molar refractivity (Wildman–Crippen MR) is 89.9 cm³/mol. The number of benzene rings is 2. The SMILES string of the molecule is C=S1(=O)CC/C(=N\NC(=O)c2ccccc2)c2ccccc21. The summed E-state index contributed by atoms with van der Waals surface area (Å²) in [6.45, 7) is 0. The van der Waals surface area contributed by atoms with Gasteiger partial charge in [0.15, 0.2) is 0 Å². The number of carbonyl (C=O) groups excluding carboxylic acids is 1. The van der Waals surface area contributed by atoms with Gasteiger partial charge >= 0.3 is 0 Å². The summed E-state index contributed by atoms with van der Waals surface area (Å²) in [5.41, 5.74) is 4.67. The number of amides is 1. The zero-order valence-electron chi connectivity index (χ0n) is 12.0. The Labute approximate surface area is 129 Å². The number of nitrogens with one attached hydrogen (secondary N) is 1. The van der Waals surface area contributed by atoms with Gasteiger partial charge in [-0.3, -0.25) is 9.00 Å². The van der Waals surface area contributed by atoms with Crippen LogP contribution in [0.15, 0.2) is 64.6 Å². The summed E-state index contributed by atoms with van der Waals surface area (Å²) >= 11 is 0. The number of fused-ring (bicyclic) bond motifs is 1. The number of hydrogen-bond donors (Lipinski definition) is 1. The Balaban J connectivity index is 1.89. The van der Waals surface area contributed by atoms with Crippen LogP contribution in [0.3, 0.4) is 0 Å². The molecule has 2 aromatic rings. The molecule has 0 aromatic heterocycles. The van der Waals surface area contributed by atoms with E-state index in [0.717, 1.165) is 11.3 Å². The highest BCUT2D eigenvalue weighted by molar-refractivity contribution is 8.00. The first-order chi connectivity index (χ1) is 10.6. The van der Waals surface area contributed by atoms with E-state index in [-0.39, 0.29) is 5.91 Å². The minimum Gasteiger partial charge on any atom is -0.267 e. The summed E-state index contributed by atoms with van der Waals surface area (Å²) in [5, 5.41) is 4.23. The predicted octanol–water partition coefficient (Wildman–Crippen LogP) is 2.30. The molecular formula is C17H16N2O2S. The lowest BCUT2D eigenvalue weighted by Gasteiger charge is -2.21. The number of hydrogen-bond acceptors (Lipinski definition) is 3. The Hall–Kier alpha value is -2.40. The van der Waals surface area contributed by atoms with E-state index in [2.05, 4.69) is 16.4 Å². The zero-order valence-corrected chi connectivity index (χ0v) is 12.8. The number of nitrogens with zero attached hydrogens (tertiary/aromatic N) is 1. The van der Waals surface area contributed by atoms with E-state index in [4.69, 9.17) is 0 Å². The Morgan fingerprint density at radius 3 is 2.55 bits per heavy atom. The lowest BCUT2D eigenvalue weighted by Crippen LogP contribution is -2.26. The average molecular weight is 312 g/mol. The molecular weight excluding hydrogens is 296 g/mol. The largest absolute Gasteiger partial charge is 0.271 e. The van der Waals surface area contributed by atoms with Gasteiger partial charge in [-0.2, -0.15) is 5.10 Å². The van der Waals surface area contributed by atoms with Crippen molar-refractivity contribution >= 4 is 27.0 Å². The van der Waals surface area contributed by atoms with Gasteiger partial charge in [-0.05, 0) is 33.6 Å². The molecule has 1 unspecified atom stereocenters. The average Bonchev–Trinajstić information content (AvgIpc) is 2.55. The van der Waals surface area contributed by atoms with Crippen molar-refractivity contribution in [2.45, 2.75) is 11.3 Å². The molecule has 0 fully saturated rings. The molecule has 0 spiro atoms. The van der Waals surface area contributed by atoms with Gasteiger partial charge in [-0.25, -0.2) is 5.43 Å². The summed E-state index contributed by atoms with van der Waals surface area (Å²) in [7, 11) is -2.26. The van der Waals surface area contributed by atoms with Crippen LogP contribution in [0.1, 0.15) is 22.3 Å². The van der Waals surface area contributed by atoms with Crippen molar-refractivity contribution in [3.63, 3.8) is 0 Å². The second-order valence-electron chi connectivity index (χ2n) is 5.13. The van der Waals surface area contributed by atoms with Gasteiger partial charge in [0.2, 0.25) is 0 Å². The third-order valence-electron chi connectivity index (χ3n) is 3.60. The molecule has 112 valence electrons. The van der Waals surface area contributed by atoms with Crippen LogP contribution in [-0.4, -0.2) is 27.5 Å². The van der Waals surface area contributed by atoms with Gasteiger partial charge in [0.25, 0.3) is 5.91 Å². The standard InChI is InChI=1S/C17H16N2O2S/c1-22(21)12-11-15(14-9-5-6-10-16(14)22)18-19-17(20)13-7-3-2-4-8-13/h2-10H,1,11-12H2,(H,19,20)/b18-15+. The third kappa shape index (κ3) is 2.80. The summed E-state index contributed by atoms with van der Waals surface area (Å²) in [6, 6.07) is 16.3. The van der Waals surface area contributed by atoms with E-state index < -0.39 is 9.52 Å². The normalized spacial score (nSPS) is 22.1. The minimum atomic E-state index is -2.26. The number of carbonyl (C=O) groups is 1. The van der Waals surface area contributed by atoms with Crippen LogP contribution in [0.25, 0.3) is 0 Å². The Bertz CT molecular complexity index is 840. The fourth-order valence-electron chi connectivity index (χ4n) is 2.42. The van der Waals surface area contributed by atoms with E-state index in [9.17, 15) is 9.00 Å². The molecule has 2 aromatic carbocycles. The van der Waals surface area contributed by atoms with Crippen molar-refractivity contribution in [3.8, 4) is 0 Å². The Morgan fingerprint density at radius 1 is 1.09 bits per heavy atom.